The largest absolute Gasteiger partial charge is 0.494 e. The molecule has 1 saturated heterocycles. The van der Waals surface area contributed by atoms with Gasteiger partial charge in [-0.05, 0) is 46.1 Å². The smallest absolute Gasteiger partial charge is 0.399 e. The molecule has 0 spiro atoms. The molecule has 1 aromatic heterocycles. The second kappa shape index (κ2) is 4.76. The molecule has 1 aromatic carbocycles. The molecule has 0 radical (unpaired) electrons. The van der Waals surface area contributed by atoms with E-state index in [-0.39, 0.29) is 30.7 Å². The van der Waals surface area contributed by atoms with Crippen molar-refractivity contribution in [2.45, 2.75) is 45.8 Å². The van der Waals surface area contributed by atoms with Crippen LogP contribution in [-0.2, 0) is 9.31 Å². The summed E-state index contributed by atoms with van der Waals surface area (Å²) in [6.45, 7) is 10.3. The van der Waals surface area contributed by atoms with Gasteiger partial charge in [0.2, 0.25) is 0 Å². The van der Waals surface area contributed by atoms with E-state index in [1.165, 1.54) is 0 Å². The van der Waals surface area contributed by atoms with Crippen molar-refractivity contribution in [3.05, 3.63) is 23.9 Å². The molecule has 1 aliphatic rings. The second-order valence-corrected chi connectivity index (χ2v) is 6.21. The lowest BCUT2D eigenvalue weighted by Crippen LogP contribution is -2.41. The van der Waals surface area contributed by atoms with Gasteiger partial charge in [0.05, 0.1) is 16.7 Å². The molecule has 0 saturated carbocycles. The lowest BCUT2D eigenvalue weighted by atomic mass is 9.79. The number of fused-ring (bicyclic) bond motifs is 1. The molecule has 0 atom stereocenters. The Hall–Kier alpha value is -1.04. The molecule has 1 fully saturated rings. The van der Waals surface area contributed by atoms with E-state index in [2.05, 4.69) is 44.0 Å². The number of nitrogens with zero attached hydrogens (tertiary/aromatic N) is 1. The Labute approximate surface area is 125 Å². The van der Waals surface area contributed by atoms with E-state index in [4.69, 9.17) is 9.31 Å². The average Bonchev–Trinajstić information content (AvgIpc) is 2.78. The van der Waals surface area contributed by atoms with Gasteiger partial charge in [-0.1, -0.05) is 12.1 Å². The fraction of sp³-hybridized carbons (Fsp3) is 0.500. The van der Waals surface area contributed by atoms with E-state index in [1.807, 2.05) is 19.1 Å². The van der Waals surface area contributed by atoms with Crippen LogP contribution in [0.25, 0.3) is 10.9 Å². The van der Waals surface area contributed by atoms with E-state index >= 15 is 0 Å². The van der Waals surface area contributed by atoms with Crippen LogP contribution < -0.4 is 5.46 Å². The van der Waals surface area contributed by atoms with Crippen LogP contribution in [-0.4, -0.2) is 28.5 Å². The molecule has 1 N–H and O–H groups in total. The number of hydrogen-bond donors (Lipinski definition) is 1. The topological polar surface area (TPSA) is 47.1 Å². The third-order valence-corrected chi connectivity index (χ3v) is 4.30. The number of hydrogen-bond acceptors (Lipinski definition) is 3. The highest BCUT2D eigenvalue weighted by atomic mass is 35.5. The Balaban J connectivity index is 0.00000147. The maximum absolute atomic E-state index is 6.05. The van der Waals surface area contributed by atoms with Crippen molar-refractivity contribution in [2.24, 2.45) is 0 Å². The number of aromatic nitrogens is 2. The molecule has 3 rings (SSSR count). The van der Waals surface area contributed by atoms with Gasteiger partial charge >= 0.3 is 7.12 Å². The zero-order valence-electron chi connectivity index (χ0n) is 12.5. The minimum Gasteiger partial charge on any atom is -0.399 e. The van der Waals surface area contributed by atoms with Crippen molar-refractivity contribution in [1.29, 1.82) is 0 Å². The van der Waals surface area contributed by atoms with Crippen LogP contribution in [0.15, 0.2) is 18.2 Å². The summed E-state index contributed by atoms with van der Waals surface area (Å²) in [7, 11) is -0.327. The predicted octanol–water partition coefficient (Wildman–Crippen LogP) is 2.59. The maximum Gasteiger partial charge on any atom is 0.494 e. The van der Waals surface area contributed by atoms with E-state index < -0.39 is 0 Å². The summed E-state index contributed by atoms with van der Waals surface area (Å²) in [5.74, 6) is 0. The first-order chi connectivity index (χ1) is 8.80. The van der Waals surface area contributed by atoms with Gasteiger partial charge < -0.3 is 9.31 Å². The van der Waals surface area contributed by atoms with E-state index in [0.717, 1.165) is 22.1 Å². The molecular weight excluding hydrogens is 274 g/mol. The van der Waals surface area contributed by atoms with Crippen molar-refractivity contribution in [1.82, 2.24) is 10.2 Å². The summed E-state index contributed by atoms with van der Waals surface area (Å²) in [6.07, 6.45) is 0. The van der Waals surface area contributed by atoms with Crippen molar-refractivity contribution < 1.29 is 9.31 Å². The van der Waals surface area contributed by atoms with Gasteiger partial charge in [-0.2, -0.15) is 5.10 Å². The Kier molecular flexibility index (Phi) is 3.65. The highest BCUT2D eigenvalue weighted by Crippen LogP contribution is 2.36. The number of nitrogens with one attached hydrogen (secondary N) is 1. The first kappa shape index (κ1) is 15.4. The number of aryl methyl sites for hydroxylation is 1. The molecule has 0 amide bonds. The SMILES string of the molecule is Cc1[nH]nc2cc(B3OC(C)(C)C(C)(C)O3)ccc12.Cl. The number of benzene rings is 1. The van der Waals surface area contributed by atoms with Gasteiger partial charge in [0.1, 0.15) is 0 Å². The molecule has 2 heterocycles. The maximum atomic E-state index is 6.05. The Morgan fingerprint density at radius 2 is 1.70 bits per heavy atom. The van der Waals surface area contributed by atoms with Crippen LogP contribution in [0.4, 0.5) is 0 Å². The number of H-pyrrole nitrogens is 1. The van der Waals surface area contributed by atoms with Crippen molar-refractivity contribution in [2.75, 3.05) is 0 Å². The van der Waals surface area contributed by atoms with Crippen LogP contribution >= 0.6 is 12.4 Å². The molecule has 0 bridgehead atoms. The van der Waals surface area contributed by atoms with Gasteiger partial charge in [0.25, 0.3) is 0 Å². The highest BCUT2D eigenvalue weighted by molar-refractivity contribution is 6.62. The zero-order valence-corrected chi connectivity index (χ0v) is 13.3. The summed E-state index contributed by atoms with van der Waals surface area (Å²) in [5, 5.41) is 8.42. The van der Waals surface area contributed by atoms with Gasteiger partial charge in [-0.25, -0.2) is 0 Å². The van der Waals surface area contributed by atoms with Crippen LogP contribution in [0.2, 0.25) is 0 Å². The van der Waals surface area contributed by atoms with E-state index in [0.29, 0.717) is 0 Å². The molecule has 2 aromatic rings. The first-order valence-corrected chi connectivity index (χ1v) is 6.60. The zero-order chi connectivity index (χ0) is 13.8. The first-order valence-electron chi connectivity index (χ1n) is 6.60. The Bertz CT molecular complexity index is 623. The fourth-order valence-electron chi connectivity index (χ4n) is 2.29. The molecule has 6 heteroatoms. The van der Waals surface area contributed by atoms with Gasteiger partial charge in [0, 0.05) is 11.1 Å². The van der Waals surface area contributed by atoms with Gasteiger partial charge in [-0.3, -0.25) is 5.10 Å². The van der Waals surface area contributed by atoms with Gasteiger partial charge in [0.15, 0.2) is 0 Å². The fourth-order valence-corrected chi connectivity index (χ4v) is 2.29. The van der Waals surface area contributed by atoms with E-state index in [1.54, 1.807) is 0 Å². The summed E-state index contributed by atoms with van der Waals surface area (Å²) in [4.78, 5) is 0. The Morgan fingerprint density at radius 3 is 2.30 bits per heavy atom. The number of halogens is 1. The number of aromatic amines is 1. The highest BCUT2D eigenvalue weighted by Gasteiger charge is 2.51. The van der Waals surface area contributed by atoms with Crippen molar-refractivity contribution in [3.8, 4) is 0 Å². The van der Waals surface area contributed by atoms with Crippen LogP contribution in [0.1, 0.15) is 33.4 Å². The molecule has 0 unspecified atom stereocenters. The molecule has 0 aliphatic carbocycles. The third-order valence-electron chi connectivity index (χ3n) is 4.30. The minimum absolute atomic E-state index is 0. The molecule has 4 nitrogen and oxygen atoms in total. The summed E-state index contributed by atoms with van der Waals surface area (Å²) in [5.41, 5.74) is 2.42. The average molecular weight is 295 g/mol. The molecular formula is C14H20BClN2O2. The van der Waals surface area contributed by atoms with Crippen LogP contribution in [0.5, 0.6) is 0 Å². The summed E-state index contributed by atoms with van der Waals surface area (Å²) in [6, 6.07) is 6.14. The monoisotopic (exact) mass is 294 g/mol. The van der Waals surface area contributed by atoms with Crippen LogP contribution in [0, 0.1) is 6.92 Å². The quantitative estimate of drug-likeness (QED) is 0.822. The summed E-state index contributed by atoms with van der Waals surface area (Å²) >= 11 is 0. The molecule has 20 heavy (non-hydrogen) atoms. The lowest BCUT2D eigenvalue weighted by Gasteiger charge is -2.32. The van der Waals surface area contributed by atoms with Crippen molar-refractivity contribution >= 4 is 35.9 Å². The van der Waals surface area contributed by atoms with Gasteiger partial charge in [-0.15, -0.1) is 12.4 Å². The molecule has 108 valence electrons. The normalized spacial score (nSPS) is 20.1. The molecule has 1 aliphatic heterocycles. The minimum atomic E-state index is -0.327. The summed E-state index contributed by atoms with van der Waals surface area (Å²) < 4.78 is 12.1. The third kappa shape index (κ3) is 2.24. The predicted molar refractivity (Wildman–Crippen MR) is 83.8 cm³/mol. The van der Waals surface area contributed by atoms with Crippen LogP contribution in [0.3, 0.4) is 0 Å². The van der Waals surface area contributed by atoms with Crippen molar-refractivity contribution in [3.63, 3.8) is 0 Å². The number of rotatable bonds is 1. The lowest BCUT2D eigenvalue weighted by molar-refractivity contribution is 0.00578. The standard InChI is InChI=1S/C14H19BN2O2.ClH/c1-9-11-7-6-10(8-12(11)17-16-9)15-18-13(2,3)14(4,5)19-15;/h6-8H,1-5H3,(H,16,17);1H. The Morgan fingerprint density at radius 1 is 1.10 bits per heavy atom. The van der Waals surface area contributed by atoms with E-state index in [9.17, 15) is 0 Å². The second-order valence-electron chi connectivity index (χ2n) is 6.21.